The van der Waals surface area contributed by atoms with E-state index in [1.165, 1.54) is 0 Å². The third-order valence-corrected chi connectivity index (χ3v) is 5.43. The van der Waals surface area contributed by atoms with Gasteiger partial charge in [-0.15, -0.1) is 0 Å². The summed E-state index contributed by atoms with van der Waals surface area (Å²) in [7, 11) is 0. The molecule has 4 rings (SSSR count). The first-order valence-electron chi connectivity index (χ1n) is 8.08. The fraction of sp³-hybridized carbons (Fsp3) is 0.100. The summed E-state index contributed by atoms with van der Waals surface area (Å²) >= 11 is 2.28. The molecule has 0 saturated carbocycles. The van der Waals surface area contributed by atoms with E-state index >= 15 is 0 Å². The van der Waals surface area contributed by atoms with E-state index in [1.807, 2.05) is 61.5 Å². The average Bonchev–Trinajstić information content (AvgIpc) is 2.98. The highest BCUT2D eigenvalue weighted by molar-refractivity contribution is 14.1. The fourth-order valence-corrected chi connectivity index (χ4v) is 3.98. The van der Waals surface area contributed by atoms with Gasteiger partial charge in [-0.1, -0.05) is 36.4 Å². The summed E-state index contributed by atoms with van der Waals surface area (Å²) in [6.45, 7) is 1.93. The van der Waals surface area contributed by atoms with Gasteiger partial charge in [-0.05, 0) is 53.3 Å². The van der Waals surface area contributed by atoms with Gasteiger partial charge in [0, 0.05) is 3.57 Å². The smallest absolute Gasteiger partial charge is 0.229 e. The second-order valence-corrected chi connectivity index (χ2v) is 7.16. The zero-order valence-corrected chi connectivity index (χ0v) is 16.1. The molecule has 1 aromatic heterocycles. The van der Waals surface area contributed by atoms with E-state index in [0.717, 1.165) is 26.1 Å². The Kier molecular flexibility index (Phi) is 4.17. The molecule has 0 aliphatic carbocycles. The first-order chi connectivity index (χ1) is 12.6. The molecule has 2 heterocycles. The molecule has 1 aliphatic heterocycles. The Morgan fingerprint density at radius 2 is 1.85 bits per heavy atom. The molecule has 1 aliphatic rings. The highest BCUT2D eigenvalue weighted by Gasteiger charge is 2.36. The maximum Gasteiger partial charge on any atom is 0.229 e. The van der Waals surface area contributed by atoms with Gasteiger partial charge in [0.05, 0.1) is 22.9 Å². The predicted octanol–water partition coefficient (Wildman–Crippen LogP) is 4.00. The number of aromatic nitrogens is 2. The number of benzene rings is 2. The second kappa shape index (κ2) is 6.50. The van der Waals surface area contributed by atoms with Crippen molar-refractivity contribution in [1.29, 1.82) is 5.26 Å². The van der Waals surface area contributed by atoms with E-state index in [2.05, 4.69) is 33.8 Å². The van der Waals surface area contributed by atoms with Gasteiger partial charge in [-0.3, -0.25) is 0 Å². The Balaban J connectivity index is 1.99. The molecular formula is C20H15IN4O. The number of aryl methyl sites for hydroxylation is 1. The standard InChI is InChI=1S/C20H15IN4O/c1-12-17-18(14-9-5-6-10-16(14)21)15(11-22)19(23)26-20(17)25(24-12)13-7-3-2-4-8-13/h2-10,18H,23H2,1H3. The van der Waals surface area contributed by atoms with Crippen molar-refractivity contribution in [2.75, 3.05) is 0 Å². The predicted molar refractivity (Wildman–Crippen MR) is 107 cm³/mol. The minimum atomic E-state index is -0.297. The van der Waals surface area contributed by atoms with Crippen LogP contribution < -0.4 is 10.5 Å². The molecule has 1 unspecified atom stereocenters. The Hall–Kier alpha value is -2.79. The molecule has 3 aromatic rings. The zero-order chi connectivity index (χ0) is 18.3. The quantitative estimate of drug-likeness (QED) is 0.594. The van der Waals surface area contributed by atoms with Gasteiger partial charge in [-0.2, -0.15) is 10.4 Å². The fourth-order valence-electron chi connectivity index (χ4n) is 3.28. The number of nitrogens with zero attached hydrogens (tertiary/aromatic N) is 3. The van der Waals surface area contributed by atoms with Crippen molar-refractivity contribution in [3.63, 3.8) is 0 Å². The number of halogens is 1. The van der Waals surface area contributed by atoms with E-state index in [1.54, 1.807) is 4.68 Å². The Morgan fingerprint density at radius 3 is 2.54 bits per heavy atom. The molecule has 5 nitrogen and oxygen atoms in total. The maximum absolute atomic E-state index is 9.73. The van der Waals surface area contributed by atoms with Crippen LogP contribution >= 0.6 is 22.6 Å². The maximum atomic E-state index is 9.73. The number of para-hydroxylation sites is 1. The largest absolute Gasteiger partial charge is 0.422 e. The van der Waals surface area contributed by atoms with Crippen LogP contribution in [0.3, 0.4) is 0 Å². The van der Waals surface area contributed by atoms with Crippen LogP contribution in [-0.4, -0.2) is 9.78 Å². The summed E-state index contributed by atoms with van der Waals surface area (Å²) in [5.74, 6) is 0.394. The minimum absolute atomic E-state index is 0.127. The first kappa shape index (κ1) is 16.7. The molecule has 2 N–H and O–H groups in total. The molecule has 0 bridgehead atoms. The Bertz CT molecular complexity index is 1060. The summed E-state index contributed by atoms with van der Waals surface area (Å²) < 4.78 is 8.68. The minimum Gasteiger partial charge on any atom is -0.422 e. The molecule has 0 spiro atoms. The number of hydrogen-bond donors (Lipinski definition) is 1. The lowest BCUT2D eigenvalue weighted by Crippen LogP contribution is -2.22. The first-order valence-corrected chi connectivity index (χ1v) is 9.16. The summed E-state index contributed by atoms with van der Waals surface area (Å²) in [5.41, 5.74) is 10.1. The van der Waals surface area contributed by atoms with E-state index in [9.17, 15) is 5.26 Å². The number of rotatable bonds is 2. The van der Waals surface area contributed by atoms with Crippen LogP contribution in [0.2, 0.25) is 0 Å². The number of nitriles is 1. The molecule has 0 saturated heterocycles. The molecule has 0 amide bonds. The van der Waals surface area contributed by atoms with Gasteiger partial charge in [0.15, 0.2) is 0 Å². The van der Waals surface area contributed by atoms with Crippen molar-refractivity contribution in [3.05, 3.63) is 86.4 Å². The number of hydrogen-bond acceptors (Lipinski definition) is 4. The van der Waals surface area contributed by atoms with Crippen LogP contribution in [0.25, 0.3) is 5.69 Å². The van der Waals surface area contributed by atoms with Gasteiger partial charge < -0.3 is 10.5 Å². The highest BCUT2D eigenvalue weighted by atomic mass is 127. The van der Waals surface area contributed by atoms with Gasteiger partial charge in [0.25, 0.3) is 0 Å². The summed E-state index contributed by atoms with van der Waals surface area (Å²) in [5, 5.41) is 14.4. The van der Waals surface area contributed by atoms with Crippen molar-refractivity contribution in [3.8, 4) is 17.6 Å². The molecule has 0 fully saturated rings. The molecule has 1 atom stereocenters. The van der Waals surface area contributed by atoms with Gasteiger partial charge >= 0.3 is 0 Å². The average molecular weight is 454 g/mol. The Morgan fingerprint density at radius 1 is 1.15 bits per heavy atom. The van der Waals surface area contributed by atoms with Crippen molar-refractivity contribution in [2.45, 2.75) is 12.8 Å². The Labute approximate surface area is 164 Å². The monoisotopic (exact) mass is 454 g/mol. The third kappa shape index (κ3) is 2.56. The van der Waals surface area contributed by atoms with Crippen LogP contribution in [0.4, 0.5) is 0 Å². The van der Waals surface area contributed by atoms with Crippen LogP contribution in [0.5, 0.6) is 5.88 Å². The second-order valence-electron chi connectivity index (χ2n) is 6.00. The molecule has 128 valence electrons. The van der Waals surface area contributed by atoms with Gasteiger partial charge in [0.1, 0.15) is 11.6 Å². The number of allylic oxidation sites excluding steroid dienone is 1. The van der Waals surface area contributed by atoms with E-state index in [-0.39, 0.29) is 11.8 Å². The number of nitrogens with two attached hydrogens (primary N) is 1. The van der Waals surface area contributed by atoms with Crippen LogP contribution in [-0.2, 0) is 0 Å². The van der Waals surface area contributed by atoms with Crippen LogP contribution in [0, 0.1) is 21.8 Å². The van der Waals surface area contributed by atoms with E-state index in [0.29, 0.717) is 11.5 Å². The summed E-state index contributed by atoms with van der Waals surface area (Å²) in [6, 6.07) is 20.0. The van der Waals surface area contributed by atoms with Crippen molar-refractivity contribution in [1.82, 2.24) is 9.78 Å². The molecule has 0 radical (unpaired) electrons. The van der Waals surface area contributed by atoms with Crippen molar-refractivity contribution >= 4 is 22.6 Å². The summed E-state index contributed by atoms with van der Waals surface area (Å²) in [4.78, 5) is 0. The van der Waals surface area contributed by atoms with Crippen molar-refractivity contribution in [2.24, 2.45) is 5.73 Å². The van der Waals surface area contributed by atoms with Crippen molar-refractivity contribution < 1.29 is 4.74 Å². The van der Waals surface area contributed by atoms with Crippen LogP contribution in [0.15, 0.2) is 66.1 Å². The molecule has 6 heteroatoms. The zero-order valence-electron chi connectivity index (χ0n) is 14.0. The normalized spacial score (nSPS) is 16.0. The lowest BCUT2D eigenvalue weighted by Gasteiger charge is -2.25. The molecule has 2 aromatic carbocycles. The highest BCUT2D eigenvalue weighted by Crippen LogP contribution is 2.45. The molecular weight excluding hydrogens is 439 g/mol. The van der Waals surface area contributed by atoms with Gasteiger partial charge in [-0.25, -0.2) is 4.68 Å². The van der Waals surface area contributed by atoms with Crippen LogP contribution in [0.1, 0.15) is 22.7 Å². The summed E-state index contributed by atoms with van der Waals surface area (Å²) in [6.07, 6.45) is 0. The SMILES string of the molecule is Cc1nn(-c2ccccc2)c2c1C(c1ccccc1I)C(C#N)=C(N)O2. The molecule has 26 heavy (non-hydrogen) atoms. The lowest BCUT2D eigenvalue weighted by atomic mass is 9.84. The topological polar surface area (TPSA) is 76.9 Å². The van der Waals surface area contributed by atoms with Gasteiger partial charge in [0.2, 0.25) is 11.8 Å². The van der Waals surface area contributed by atoms with E-state index < -0.39 is 0 Å². The lowest BCUT2D eigenvalue weighted by molar-refractivity contribution is 0.367. The number of ether oxygens (including phenoxy) is 1. The number of fused-ring (bicyclic) bond motifs is 1. The third-order valence-electron chi connectivity index (χ3n) is 4.45. The van der Waals surface area contributed by atoms with E-state index in [4.69, 9.17) is 10.5 Å².